The van der Waals surface area contributed by atoms with Crippen molar-refractivity contribution < 1.29 is 23.1 Å². The third-order valence-electron chi connectivity index (χ3n) is 6.25. The number of benzene rings is 3. The molecule has 0 bridgehead atoms. The predicted molar refractivity (Wildman–Crippen MR) is 159 cm³/mol. The summed E-state index contributed by atoms with van der Waals surface area (Å²) in [5, 5.41) is 16.1. The van der Waals surface area contributed by atoms with E-state index in [1.54, 1.807) is 18.2 Å². The number of aliphatic hydroxyl groups is 1. The Morgan fingerprint density at radius 3 is 2.27 bits per heavy atom. The highest BCUT2D eigenvalue weighted by molar-refractivity contribution is 9.10. The number of hydrogen-bond donors (Lipinski definition) is 3. The predicted octanol–water partition coefficient (Wildman–Crippen LogP) is 7.91. The Kier molecular flexibility index (Phi) is 10.4. The highest BCUT2D eigenvalue weighted by Gasteiger charge is 2.30. The van der Waals surface area contributed by atoms with E-state index in [4.69, 9.17) is 33.3 Å². The highest BCUT2D eigenvalue weighted by atomic mass is 79.9. The Labute approximate surface area is 253 Å². The van der Waals surface area contributed by atoms with Crippen LogP contribution in [-0.2, 0) is 19.3 Å². The molecule has 0 aliphatic rings. The summed E-state index contributed by atoms with van der Waals surface area (Å²) in [5.74, 6) is -0.527. The lowest BCUT2D eigenvalue weighted by atomic mass is 9.96. The zero-order valence-electron chi connectivity index (χ0n) is 21.5. The van der Waals surface area contributed by atoms with Crippen LogP contribution in [0.15, 0.2) is 77.3 Å². The lowest BCUT2D eigenvalue weighted by Gasteiger charge is -2.18. The van der Waals surface area contributed by atoms with E-state index in [-0.39, 0.29) is 18.7 Å². The summed E-state index contributed by atoms with van der Waals surface area (Å²) in [4.78, 5) is 17.9. The molecule has 4 rings (SSSR count). The highest BCUT2D eigenvalue weighted by Crippen LogP contribution is 2.38. The first-order chi connectivity index (χ1) is 19.6. The molecule has 1 heterocycles. The fraction of sp³-hybridized carbons (Fsp3) is 0.200. The van der Waals surface area contributed by atoms with Gasteiger partial charge in [0.05, 0.1) is 17.0 Å². The van der Waals surface area contributed by atoms with E-state index in [0.29, 0.717) is 57.6 Å². The van der Waals surface area contributed by atoms with E-state index < -0.39 is 17.6 Å². The Bertz CT molecular complexity index is 1520. The average molecular weight is 667 g/mol. The second-order valence-corrected chi connectivity index (χ2v) is 10.9. The molecule has 1 aromatic heterocycles. The van der Waals surface area contributed by atoms with Crippen LogP contribution in [0.25, 0.3) is 22.4 Å². The molecule has 3 aromatic carbocycles. The van der Waals surface area contributed by atoms with E-state index in [0.717, 1.165) is 34.3 Å². The van der Waals surface area contributed by atoms with Gasteiger partial charge in [-0.25, -0.2) is 0 Å². The molecular weight excluding hydrogens is 642 g/mol. The Morgan fingerprint density at radius 2 is 1.63 bits per heavy atom. The molecule has 0 radical (unpaired) electrons. The minimum Gasteiger partial charge on any atom is -0.396 e. The van der Waals surface area contributed by atoms with Crippen molar-refractivity contribution in [2.24, 2.45) is 0 Å². The molecular formula is C30H25BrCl2F3N3O2. The Hall–Kier alpha value is -2.95. The second kappa shape index (κ2) is 13.8. The largest absolute Gasteiger partial charge is 0.416 e. The van der Waals surface area contributed by atoms with Crippen molar-refractivity contribution in [1.82, 2.24) is 15.6 Å². The zero-order chi connectivity index (χ0) is 29.6. The van der Waals surface area contributed by atoms with Crippen LogP contribution in [0.2, 0.25) is 10.0 Å². The van der Waals surface area contributed by atoms with Gasteiger partial charge in [0, 0.05) is 56.5 Å². The number of amides is 1. The number of alkyl halides is 3. The third kappa shape index (κ3) is 8.08. The van der Waals surface area contributed by atoms with Gasteiger partial charge in [0.2, 0.25) is 0 Å². The summed E-state index contributed by atoms with van der Waals surface area (Å²) in [7, 11) is 0. The normalized spacial score (nSPS) is 11.5. The summed E-state index contributed by atoms with van der Waals surface area (Å²) in [6.45, 7) is 0.995. The fourth-order valence-electron chi connectivity index (χ4n) is 4.14. The van der Waals surface area contributed by atoms with Crippen LogP contribution in [0, 0.1) is 0 Å². The molecule has 5 nitrogen and oxygen atoms in total. The van der Waals surface area contributed by atoms with Crippen LogP contribution in [-0.4, -0.2) is 29.1 Å². The maximum absolute atomic E-state index is 12.9. The van der Waals surface area contributed by atoms with Gasteiger partial charge in [-0.05, 0) is 73.1 Å². The monoisotopic (exact) mass is 665 g/mol. The van der Waals surface area contributed by atoms with Gasteiger partial charge >= 0.3 is 6.18 Å². The molecule has 214 valence electrons. The van der Waals surface area contributed by atoms with Gasteiger partial charge in [-0.2, -0.15) is 13.2 Å². The number of hydrogen-bond acceptors (Lipinski definition) is 4. The summed E-state index contributed by atoms with van der Waals surface area (Å²) < 4.78 is 39.7. The molecule has 41 heavy (non-hydrogen) atoms. The summed E-state index contributed by atoms with van der Waals surface area (Å²) in [6, 6.07) is 18.8. The lowest BCUT2D eigenvalue weighted by Crippen LogP contribution is -2.25. The molecule has 0 fully saturated rings. The Balaban J connectivity index is 1.73. The van der Waals surface area contributed by atoms with Gasteiger partial charge < -0.3 is 15.7 Å². The van der Waals surface area contributed by atoms with Crippen LogP contribution in [0.4, 0.5) is 13.2 Å². The SMILES string of the molecule is O=C(NCc1cc(-c2ccc(Cl)cc2Cl)c(-c2ccc(Br)cc2)nc1CNCCCO)c1ccc(C(F)(F)F)cc1. The van der Waals surface area contributed by atoms with Crippen molar-refractivity contribution in [1.29, 1.82) is 0 Å². The number of aromatic nitrogens is 1. The second-order valence-electron chi connectivity index (χ2n) is 9.13. The summed E-state index contributed by atoms with van der Waals surface area (Å²) >= 11 is 16.2. The number of halogens is 6. The smallest absolute Gasteiger partial charge is 0.396 e. The summed E-state index contributed by atoms with van der Waals surface area (Å²) in [6.07, 6.45) is -3.94. The minimum absolute atomic E-state index is 0.0363. The number of nitrogens with zero attached hydrogens (tertiary/aromatic N) is 1. The number of carbonyl (C=O) groups excluding carboxylic acids is 1. The van der Waals surface area contributed by atoms with E-state index in [9.17, 15) is 18.0 Å². The lowest BCUT2D eigenvalue weighted by molar-refractivity contribution is -0.137. The van der Waals surface area contributed by atoms with Crippen LogP contribution >= 0.6 is 39.1 Å². The van der Waals surface area contributed by atoms with E-state index in [1.165, 1.54) is 0 Å². The number of pyridine rings is 1. The number of carbonyl (C=O) groups is 1. The topological polar surface area (TPSA) is 74.2 Å². The average Bonchev–Trinajstić information content (AvgIpc) is 2.94. The number of aliphatic hydroxyl groups excluding tert-OH is 1. The molecule has 0 unspecified atom stereocenters. The Morgan fingerprint density at radius 1 is 0.927 bits per heavy atom. The van der Waals surface area contributed by atoms with Crippen molar-refractivity contribution in [2.45, 2.75) is 25.7 Å². The quantitative estimate of drug-likeness (QED) is 0.151. The van der Waals surface area contributed by atoms with Crippen LogP contribution in [0.1, 0.15) is 33.6 Å². The van der Waals surface area contributed by atoms with Gasteiger partial charge in [0.25, 0.3) is 5.91 Å². The van der Waals surface area contributed by atoms with Crippen molar-refractivity contribution in [3.8, 4) is 22.4 Å². The van der Waals surface area contributed by atoms with Crippen LogP contribution < -0.4 is 10.6 Å². The van der Waals surface area contributed by atoms with E-state index >= 15 is 0 Å². The van der Waals surface area contributed by atoms with Crippen molar-refractivity contribution in [2.75, 3.05) is 13.2 Å². The van der Waals surface area contributed by atoms with Gasteiger partial charge in [-0.1, -0.05) is 57.3 Å². The minimum atomic E-state index is -4.49. The van der Waals surface area contributed by atoms with Gasteiger partial charge in [0.15, 0.2) is 0 Å². The maximum atomic E-state index is 12.9. The van der Waals surface area contributed by atoms with Crippen molar-refractivity contribution >= 4 is 45.0 Å². The first-order valence-electron chi connectivity index (χ1n) is 12.6. The molecule has 0 saturated carbocycles. The zero-order valence-corrected chi connectivity index (χ0v) is 24.6. The standard InChI is InChI=1S/C30H25BrCl2F3N3O2/c31-22-8-4-18(5-9-22)28-25(24-11-10-23(32)15-26(24)33)14-20(27(39-28)17-37-12-1-13-40)16-38-29(41)19-2-6-21(7-3-19)30(34,35)36/h2-11,14-15,37,40H,1,12-13,16-17H2,(H,38,41). The van der Waals surface area contributed by atoms with E-state index in [2.05, 4.69) is 26.6 Å². The van der Waals surface area contributed by atoms with Crippen LogP contribution in [0.3, 0.4) is 0 Å². The molecule has 3 N–H and O–H groups in total. The maximum Gasteiger partial charge on any atom is 0.416 e. The first-order valence-corrected chi connectivity index (χ1v) is 14.1. The van der Waals surface area contributed by atoms with Gasteiger partial charge in [0.1, 0.15) is 0 Å². The third-order valence-corrected chi connectivity index (χ3v) is 7.32. The number of rotatable bonds is 10. The molecule has 0 saturated heterocycles. The molecule has 0 aliphatic carbocycles. The van der Waals surface area contributed by atoms with Crippen molar-refractivity contribution in [3.05, 3.63) is 110 Å². The molecule has 0 atom stereocenters. The fourth-order valence-corrected chi connectivity index (χ4v) is 4.91. The molecule has 0 aliphatic heterocycles. The summed E-state index contributed by atoms with van der Waals surface area (Å²) in [5.41, 5.74) is 3.52. The molecule has 1 amide bonds. The van der Waals surface area contributed by atoms with Crippen LogP contribution in [0.5, 0.6) is 0 Å². The first kappa shape index (κ1) is 31.0. The number of nitrogens with one attached hydrogen (secondary N) is 2. The molecule has 0 spiro atoms. The van der Waals surface area contributed by atoms with Gasteiger partial charge in [-0.3, -0.25) is 9.78 Å². The van der Waals surface area contributed by atoms with Gasteiger partial charge in [-0.15, -0.1) is 0 Å². The van der Waals surface area contributed by atoms with E-state index in [1.807, 2.05) is 30.3 Å². The molecule has 11 heteroatoms. The molecule has 4 aromatic rings. The van der Waals surface area contributed by atoms with Crippen molar-refractivity contribution in [3.63, 3.8) is 0 Å².